The summed E-state index contributed by atoms with van der Waals surface area (Å²) in [6.07, 6.45) is 0.239. The molecule has 0 aliphatic carbocycles. The normalized spacial score (nSPS) is 10.3. The highest BCUT2D eigenvalue weighted by atomic mass is 16.2. The summed E-state index contributed by atoms with van der Waals surface area (Å²) in [6, 6.07) is 13.6. The molecule has 0 fully saturated rings. The second-order valence-electron chi connectivity index (χ2n) is 6.65. The van der Waals surface area contributed by atoms with Crippen molar-refractivity contribution < 1.29 is 9.59 Å². The molecule has 2 aromatic rings. The van der Waals surface area contributed by atoms with E-state index in [1.54, 1.807) is 4.90 Å². The molecule has 0 bridgehead atoms. The molecular formula is C21H27N3O2. The fourth-order valence-electron chi connectivity index (χ4n) is 2.83. The molecule has 2 aromatic carbocycles. The van der Waals surface area contributed by atoms with E-state index in [2.05, 4.69) is 5.32 Å². The largest absolute Gasteiger partial charge is 0.378 e. The van der Waals surface area contributed by atoms with Crippen molar-refractivity contribution in [2.75, 3.05) is 35.8 Å². The summed E-state index contributed by atoms with van der Waals surface area (Å²) in [6.45, 7) is 5.80. The standard InChI is InChI=1S/C21H27N3O2/c1-15-7-6-8-16(2)21(15)22-20(26)13-14-24(17(3)25)19-11-9-18(10-12-19)23(4)5/h6-12H,13-14H2,1-5H3,(H,22,26). The number of aryl methyl sites for hydroxylation is 2. The van der Waals surface area contributed by atoms with Gasteiger partial charge < -0.3 is 15.1 Å². The highest BCUT2D eigenvalue weighted by Gasteiger charge is 2.14. The molecule has 2 amide bonds. The van der Waals surface area contributed by atoms with Gasteiger partial charge in [0.2, 0.25) is 11.8 Å². The first-order valence-corrected chi connectivity index (χ1v) is 8.71. The van der Waals surface area contributed by atoms with Crippen LogP contribution in [0.2, 0.25) is 0 Å². The lowest BCUT2D eigenvalue weighted by molar-refractivity contribution is -0.117. The lowest BCUT2D eigenvalue weighted by Gasteiger charge is -2.22. The predicted molar refractivity (Wildman–Crippen MR) is 108 cm³/mol. The zero-order valence-electron chi connectivity index (χ0n) is 16.2. The second kappa shape index (κ2) is 8.52. The summed E-state index contributed by atoms with van der Waals surface area (Å²) in [4.78, 5) is 28.0. The first kappa shape index (κ1) is 19.5. The SMILES string of the molecule is CC(=O)N(CCC(=O)Nc1c(C)cccc1C)c1ccc(N(C)C)cc1. The van der Waals surface area contributed by atoms with E-state index in [1.807, 2.05) is 75.3 Å². The maximum Gasteiger partial charge on any atom is 0.226 e. The molecule has 0 aliphatic rings. The molecule has 5 heteroatoms. The first-order valence-electron chi connectivity index (χ1n) is 8.71. The van der Waals surface area contributed by atoms with Crippen LogP contribution in [-0.4, -0.2) is 32.5 Å². The highest BCUT2D eigenvalue weighted by molar-refractivity contribution is 5.95. The van der Waals surface area contributed by atoms with Gasteiger partial charge in [0.25, 0.3) is 0 Å². The molecule has 2 rings (SSSR count). The fraction of sp³-hybridized carbons (Fsp3) is 0.333. The number of amides is 2. The van der Waals surface area contributed by atoms with Crippen molar-refractivity contribution in [1.29, 1.82) is 0 Å². The zero-order valence-corrected chi connectivity index (χ0v) is 16.2. The number of nitrogens with zero attached hydrogens (tertiary/aromatic N) is 2. The van der Waals surface area contributed by atoms with E-state index in [0.717, 1.165) is 28.2 Å². The van der Waals surface area contributed by atoms with Crippen LogP contribution in [0, 0.1) is 13.8 Å². The number of nitrogens with one attached hydrogen (secondary N) is 1. The van der Waals surface area contributed by atoms with Crippen molar-refractivity contribution in [3.8, 4) is 0 Å². The molecule has 0 saturated heterocycles. The van der Waals surface area contributed by atoms with Gasteiger partial charge >= 0.3 is 0 Å². The lowest BCUT2D eigenvalue weighted by atomic mass is 10.1. The van der Waals surface area contributed by atoms with Crippen molar-refractivity contribution >= 4 is 28.9 Å². The third-order valence-electron chi connectivity index (χ3n) is 4.37. The van der Waals surface area contributed by atoms with Gasteiger partial charge in [0, 0.05) is 51.0 Å². The lowest BCUT2D eigenvalue weighted by Crippen LogP contribution is -2.32. The summed E-state index contributed by atoms with van der Waals surface area (Å²) in [7, 11) is 3.94. The third kappa shape index (κ3) is 4.85. The molecule has 5 nitrogen and oxygen atoms in total. The molecule has 0 spiro atoms. The van der Waals surface area contributed by atoms with E-state index in [9.17, 15) is 9.59 Å². The summed E-state index contributed by atoms with van der Waals surface area (Å²) >= 11 is 0. The average Bonchev–Trinajstić information content (AvgIpc) is 2.58. The molecule has 0 heterocycles. The van der Waals surface area contributed by atoms with Crippen LogP contribution in [0.1, 0.15) is 24.5 Å². The number of carbonyl (C=O) groups is 2. The minimum atomic E-state index is -0.0986. The summed E-state index contributed by atoms with van der Waals surface area (Å²) in [5.41, 5.74) is 4.76. The van der Waals surface area contributed by atoms with Crippen LogP contribution in [0.4, 0.5) is 17.1 Å². The summed E-state index contributed by atoms with van der Waals surface area (Å²) in [5, 5.41) is 2.96. The van der Waals surface area contributed by atoms with Gasteiger partial charge in [-0.1, -0.05) is 18.2 Å². The molecular weight excluding hydrogens is 326 g/mol. The number of rotatable bonds is 6. The molecule has 0 saturated carbocycles. The zero-order chi connectivity index (χ0) is 19.3. The summed E-state index contributed by atoms with van der Waals surface area (Å²) in [5.74, 6) is -0.180. The molecule has 0 atom stereocenters. The molecule has 1 N–H and O–H groups in total. The van der Waals surface area contributed by atoms with Gasteiger partial charge in [-0.2, -0.15) is 0 Å². The monoisotopic (exact) mass is 353 g/mol. The Labute approximate surface area is 155 Å². The number of anilines is 3. The third-order valence-corrected chi connectivity index (χ3v) is 4.37. The van der Waals surface area contributed by atoms with Crippen LogP contribution in [-0.2, 0) is 9.59 Å². The van der Waals surface area contributed by atoms with E-state index in [-0.39, 0.29) is 18.2 Å². The van der Waals surface area contributed by atoms with Gasteiger partial charge in [0.05, 0.1) is 0 Å². The van der Waals surface area contributed by atoms with E-state index >= 15 is 0 Å². The minimum absolute atomic E-state index is 0.0810. The van der Waals surface area contributed by atoms with Crippen molar-refractivity contribution in [2.24, 2.45) is 0 Å². The number of carbonyl (C=O) groups excluding carboxylic acids is 2. The topological polar surface area (TPSA) is 52.7 Å². The Balaban J connectivity index is 2.04. The number of benzene rings is 2. The van der Waals surface area contributed by atoms with Gasteiger partial charge in [-0.05, 0) is 49.2 Å². The van der Waals surface area contributed by atoms with Crippen LogP contribution >= 0.6 is 0 Å². The van der Waals surface area contributed by atoms with Gasteiger partial charge in [-0.25, -0.2) is 0 Å². The Kier molecular flexibility index (Phi) is 6.39. The van der Waals surface area contributed by atoms with Crippen molar-refractivity contribution in [3.05, 3.63) is 53.6 Å². The summed E-state index contributed by atoms with van der Waals surface area (Å²) < 4.78 is 0. The van der Waals surface area contributed by atoms with Crippen molar-refractivity contribution in [2.45, 2.75) is 27.2 Å². The Morgan fingerprint density at radius 1 is 0.923 bits per heavy atom. The highest BCUT2D eigenvalue weighted by Crippen LogP contribution is 2.21. The smallest absolute Gasteiger partial charge is 0.226 e. The van der Waals surface area contributed by atoms with Gasteiger partial charge in [-0.3, -0.25) is 9.59 Å². The maximum atomic E-state index is 12.4. The van der Waals surface area contributed by atoms with E-state index in [1.165, 1.54) is 6.92 Å². The molecule has 0 unspecified atom stereocenters. The second-order valence-corrected chi connectivity index (χ2v) is 6.65. The van der Waals surface area contributed by atoms with E-state index < -0.39 is 0 Å². The van der Waals surface area contributed by atoms with E-state index in [0.29, 0.717) is 6.54 Å². The van der Waals surface area contributed by atoms with Gasteiger partial charge in [0.1, 0.15) is 0 Å². The Morgan fingerprint density at radius 2 is 1.46 bits per heavy atom. The average molecular weight is 353 g/mol. The molecule has 0 aliphatic heterocycles. The van der Waals surface area contributed by atoms with Crippen molar-refractivity contribution in [1.82, 2.24) is 0 Å². The quantitative estimate of drug-likeness (QED) is 0.860. The molecule has 0 radical (unpaired) electrons. The van der Waals surface area contributed by atoms with Crippen LogP contribution in [0.3, 0.4) is 0 Å². The Hall–Kier alpha value is -2.82. The maximum absolute atomic E-state index is 12.4. The van der Waals surface area contributed by atoms with E-state index in [4.69, 9.17) is 0 Å². The Morgan fingerprint density at radius 3 is 1.96 bits per heavy atom. The predicted octanol–water partition coefficient (Wildman–Crippen LogP) is 3.75. The van der Waals surface area contributed by atoms with Crippen molar-refractivity contribution in [3.63, 3.8) is 0 Å². The van der Waals surface area contributed by atoms with Crippen LogP contribution in [0.5, 0.6) is 0 Å². The molecule has 138 valence electrons. The number of para-hydroxylation sites is 1. The molecule has 26 heavy (non-hydrogen) atoms. The molecule has 0 aromatic heterocycles. The van der Waals surface area contributed by atoms with Crippen LogP contribution in [0.15, 0.2) is 42.5 Å². The minimum Gasteiger partial charge on any atom is -0.378 e. The Bertz CT molecular complexity index is 762. The van der Waals surface area contributed by atoms with Crippen LogP contribution < -0.4 is 15.1 Å². The number of hydrogen-bond acceptors (Lipinski definition) is 3. The van der Waals surface area contributed by atoms with Crippen LogP contribution in [0.25, 0.3) is 0 Å². The fourth-order valence-corrected chi connectivity index (χ4v) is 2.83. The van der Waals surface area contributed by atoms with Gasteiger partial charge in [0.15, 0.2) is 0 Å². The van der Waals surface area contributed by atoms with Gasteiger partial charge in [-0.15, -0.1) is 0 Å². The first-order chi connectivity index (χ1) is 12.3. The number of hydrogen-bond donors (Lipinski definition) is 1.